The van der Waals surface area contributed by atoms with Crippen molar-refractivity contribution < 1.29 is 17.9 Å². The Hall–Kier alpha value is -2.18. The summed E-state index contributed by atoms with van der Waals surface area (Å²) in [5, 5.41) is 0. The number of benzene rings is 2. The minimum Gasteiger partial charge on any atom is -0.468 e. The molecule has 0 saturated heterocycles. The molecule has 2 rings (SSSR count). The van der Waals surface area contributed by atoms with Gasteiger partial charge in [0, 0.05) is 0 Å². The second kappa shape index (κ2) is 8.61. The first kappa shape index (κ1) is 18.2. The first-order valence-corrected chi connectivity index (χ1v) is 9.31. The summed E-state index contributed by atoms with van der Waals surface area (Å²) in [7, 11) is -2.36. The van der Waals surface area contributed by atoms with Crippen LogP contribution in [0.25, 0.3) is 0 Å². The number of methoxy groups -OCH3 is 1. The van der Waals surface area contributed by atoms with Gasteiger partial charge in [-0.15, -0.1) is 0 Å². The number of ether oxygens (including phenoxy) is 1. The molecule has 0 fully saturated rings. The van der Waals surface area contributed by atoms with Crippen LogP contribution in [0.1, 0.15) is 11.1 Å². The molecule has 2 aromatic rings. The Balaban J connectivity index is 2.03. The van der Waals surface area contributed by atoms with E-state index in [9.17, 15) is 13.2 Å². The highest BCUT2D eigenvalue weighted by Crippen LogP contribution is 2.07. The van der Waals surface area contributed by atoms with Crippen LogP contribution >= 0.6 is 0 Å². The normalized spacial score (nSPS) is 12.5. The van der Waals surface area contributed by atoms with Gasteiger partial charge in [-0.1, -0.05) is 60.7 Å². The van der Waals surface area contributed by atoms with Crippen LogP contribution in [0.4, 0.5) is 0 Å². The molecule has 24 heavy (non-hydrogen) atoms. The SMILES string of the molecule is COC(=O)C(Cc1ccccc1)NS(=O)(=O)CCc1ccccc1. The van der Waals surface area contributed by atoms with Crippen LogP contribution in [-0.2, 0) is 32.4 Å². The summed E-state index contributed by atoms with van der Waals surface area (Å²) in [4.78, 5) is 11.9. The molecule has 0 aromatic heterocycles. The second-order valence-electron chi connectivity index (χ2n) is 5.44. The molecular weight excluding hydrogens is 326 g/mol. The first-order valence-electron chi connectivity index (χ1n) is 7.66. The van der Waals surface area contributed by atoms with Gasteiger partial charge in [-0.3, -0.25) is 4.79 Å². The monoisotopic (exact) mass is 347 g/mol. The van der Waals surface area contributed by atoms with Crippen LogP contribution in [0.15, 0.2) is 60.7 Å². The summed E-state index contributed by atoms with van der Waals surface area (Å²) in [6.07, 6.45) is 0.632. The molecule has 0 saturated carbocycles. The number of hydrogen-bond donors (Lipinski definition) is 1. The molecule has 0 aliphatic heterocycles. The fourth-order valence-electron chi connectivity index (χ4n) is 2.34. The van der Waals surface area contributed by atoms with E-state index in [-0.39, 0.29) is 12.2 Å². The van der Waals surface area contributed by atoms with Crippen molar-refractivity contribution in [3.05, 3.63) is 71.8 Å². The van der Waals surface area contributed by atoms with Gasteiger partial charge >= 0.3 is 5.97 Å². The van der Waals surface area contributed by atoms with E-state index in [1.807, 2.05) is 60.7 Å². The quantitative estimate of drug-likeness (QED) is 0.741. The second-order valence-corrected chi connectivity index (χ2v) is 7.31. The highest BCUT2D eigenvalue weighted by Gasteiger charge is 2.25. The highest BCUT2D eigenvalue weighted by atomic mass is 32.2. The zero-order valence-corrected chi connectivity index (χ0v) is 14.3. The maximum atomic E-state index is 12.3. The van der Waals surface area contributed by atoms with Crippen molar-refractivity contribution in [3.8, 4) is 0 Å². The summed E-state index contributed by atoms with van der Waals surface area (Å²) in [5.74, 6) is -0.679. The van der Waals surface area contributed by atoms with E-state index in [1.54, 1.807) is 0 Å². The molecule has 5 nitrogen and oxygen atoms in total. The Kier molecular flexibility index (Phi) is 6.52. The van der Waals surface area contributed by atoms with Crippen molar-refractivity contribution in [2.45, 2.75) is 18.9 Å². The van der Waals surface area contributed by atoms with Crippen LogP contribution in [0.2, 0.25) is 0 Å². The first-order chi connectivity index (χ1) is 11.5. The topological polar surface area (TPSA) is 72.5 Å². The average Bonchev–Trinajstić information content (AvgIpc) is 2.60. The molecule has 0 heterocycles. The van der Waals surface area contributed by atoms with Gasteiger partial charge in [0.05, 0.1) is 12.9 Å². The maximum absolute atomic E-state index is 12.3. The third-order valence-corrected chi connectivity index (χ3v) is 4.98. The lowest BCUT2D eigenvalue weighted by Crippen LogP contribution is -2.44. The van der Waals surface area contributed by atoms with Crippen molar-refractivity contribution >= 4 is 16.0 Å². The summed E-state index contributed by atoms with van der Waals surface area (Å²) < 4.78 is 31.8. The predicted molar refractivity (Wildman–Crippen MR) is 93.0 cm³/mol. The van der Waals surface area contributed by atoms with E-state index in [0.717, 1.165) is 11.1 Å². The maximum Gasteiger partial charge on any atom is 0.324 e. The fraction of sp³-hybridized carbons (Fsp3) is 0.278. The third kappa shape index (κ3) is 5.79. The van der Waals surface area contributed by atoms with Gasteiger partial charge in [-0.2, -0.15) is 0 Å². The number of carbonyl (C=O) groups excluding carboxylic acids is 1. The van der Waals surface area contributed by atoms with Gasteiger partial charge in [-0.05, 0) is 24.0 Å². The van der Waals surface area contributed by atoms with E-state index < -0.39 is 22.0 Å². The molecule has 6 heteroatoms. The summed E-state index contributed by atoms with van der Waals surface area (Å²) in [6.45, 7) is 0. The van der Waals surface area contributed by atoms with E-state index in [0.29, 0.717) is 6.42 Å². The van der Waals surface area contributed by atoms with Crippen molar-refractivity contribution in [1.29, 1.82) is 0 Å². The van der Waals surface area contributed by atoms with Gasteiger partial charge in [0.2, 0.25) is 10.0 Å². The lowest BCUT2D eigenvalue weighted by atomic mass is 10.1. The lowest BCUT2D eigenvalue weighted by molar-refractivity contribution is -0.142. The molecular formula is C18H21NO4S. The molecule has 128 valence electrons. The molecule has 1 atom stereocenters. The van der Waals surface area contributed by atoms with Crippen molar-refractivity contribution in [3.63, 3.8) is 0 Å². The van der Waals surface area contributed by atoms with E-state index in [2.05, 4.69) is 4.72 Å². The number of rotatable bonds is 8. The number of nitrogens with one attached hydrogen (secondary N) is 1. The highest BCUT2D eigenvalue weighted by molar-refractivity contribution is 7.89. The number of hydrogen-bond acceptors (Lipinski definition) is 4. The number of sulfonamides is 1. The van der Waals surface area contributed by atoms with Crippen LogP contribution in [-0.4, -0.2) is 33.3 Å². The number of esters is 1. The summed E-state index contributed by atoms with van der Waals surface area (Å²) >= 11 is 0. The van der Waals surface area contributed by atoms with Crippen LogP contribution < -0.4 is 4.72 Å². The molecule has 0 aliphatic rings. The Morgan fingerprint density at radius 3 is 2.08 bits per heavy atom. The Labute approximate surface area is 142 Å². The van der Waals surface area contributed by atoms with Crippen LogP contribution in [0.5, 0.6) is 0 Å². The molecule has 0 amide bonds. The van der Waals surface area contributed by atoms with Gasteiger partial charge < -0.3 is 4.74 Å². The fourth-order valence-corrected chi connectivity index (χ4v) is 3.57. The number of carbonyl (C=O) groups is 1. The minimum atomic E-state index is -3.61. The van der Waals surface area contributed by atoms with E-state index in [4.69, 9.17) is 4.74 Å². The smallest absolute Gasteiger partial charge is 0.324 e. The molecule has 1 N–H and O–H groups in total. The van der Waals surface area contributed by atoms with Crippen molar-refractivity contribution in [1.82, 2.24) is 4.72 Å². The Morgan fingerprint density at radius 2 is 1.54 bits per heavy atom. The molecule has 2 aromatic carbocycles. The van der Waals surface area contributed by atoms with Crippen molar-refractivity contribution in [2.75, 3.05) is 12.9 Å². The average molecular weight is 347 g/mol. The van der Waals surface area contributed by atoms with Crippen LogP contribution in [0, 0.1) is 0 Å². The standard InChI is InChI=1S/C18H21NO4S/c1-23-18(20)17(14-16-10-6-3-7-11-16)19-24(21,22)13-12-15-8-4-2-5-9-15/h2-11,17,19H,12-14H2,1H3. The van der Waals surface area contributed by atoms with Gasteiger partial charge in [0.25, 0.3) is 0 Å². The lowest BCUT2D eigenvalue weighted by Gasteiger charge is -2.17. The summed E-state index contributed by atoms with van der Waals surface area (Å²) in [5.41, 5.74) is 1.79. The number of aryl methyl sites for hydroxylation is 1. The Bertz CT molecular complexity index is 745. The molecule has 0 radical (unpaired) electrons. The molecule has 0 bridgehead atoms. The van der Waals surface area contributed by atoms with Gasteiger partial charge in [0.15, 0.2) is 0 Å². The van der Waals surface area contributed by atoms with E-state index in [1.165, 1.54) is 7.11 Å². The Morgan fingerprint density at radius 1 is 1.00 bits per heavy atom. The van der Waals surface area contributed by atoms with Crippen LogP contribution in [0.3, 0.4) is 0 Å². The third-order valence-electron chi connectivity index (χ3n) is 3.59. The van der Waals surface area contributed by atoms with Gasteiger partial charge in [0.1, 0.15) is 6.04 Å². The van der Waals surface area contributed by atoms with Crippen molar-refractivity contribution in [2.24, 2.45) is 0 Å². The van der Waals surface area contributed by atoms with E-state index >= 15 is 0 Å². The zero-order chi connectivity index (χ0) is 17.4. The van der Waals surface area contributed by atoms with Gasteiger partial charge in [-0.25, -0.2) is 13.1 Å². The molecule has 0 aliphatic carbocycles. The molecule has 0 spiro atoms. The summed E-state index contributed by atoms with van der Waals surface area (Å²) in [6, 6.07) is 17.6. The molecule has 1 unspecified atom stereocenters. The minimum absolute atomic E-state index is 0.0840. The zero-order valence-electron chi connectivity index (χ0n) is 13.5. The largest absolute Gasteiger partial charge is 0.468 e. The predicted octanol–water partition coefficient (Wildman–Crippen LogP) is 1.93.